The quantitative estimate of drug-likeness (QED) is 0.612. The molecule has 3 heteroatoms. The standard InChI is InChI=1S/C8H18N2O/c1-4-5-7(9-2)6-8(11)10-3/h7,9H,4-6H2,1-3H3,(H,10,11). The molecule has 0 heterocycles. The third-order valence-corrected chi connectivity index (χ3v) is 1.76. The first kappa shape index (κ1) is 10.4. The van der Waals surface area contributed by atoms with Crippen molar-refractivity contribution in [3.8, 4) is 0 Å². The van der Waals surface area contributed by atoms with Crippen LogP contribution in [-0.2, 0) is 4.79 Å². The third kappa shape index (κ3) is 4.79. The molecule has 0 aliphatic rings. The summed E-state index contributed by atoms with van der Waals surface area (Å²) >= 11 is 0. The minimum Gasteiger partial charge on any atom is -0.359 e. The van der Waals surface area contributed by atoms with Crippen molar-refractivity contribution in [3.63, 3.8) is 0 Å². The van der Waals surface area contributed by atoms with Gasteiger partial charge in [0.15, 0.2) is 0 Å². The monoisotopic (exact) mass is 158 g/mol. The van der Waals surface area contributed by atoms with Crippen LogP contribution in [0.1, 0.15) is 26.2 Å². The maximum absolute atomic E-state index is 10.9. The van der Waals surface area contributed by atoms with Crippen LogP contribution >= 0.6 is 0 Å². The molecule has 0 radical (unpaired) electrons. The number of hydrogen-bond acceptors (Lipinski definition) is 2. The molecule has 0 aromatic carbocycles. The average Bonchev–Trinajstić information content (AvgIpc) is 2.03. The second-order valence-corrected chi connectivity index (χ2v) is 2.65. The summed E-state index contributed by atoms with van der Waals surface area (Å²) in [5, 5.41) is 5.72. The van der Waals surface area contributed by atoms with Crippen molar-refractivity contribution in [2.24, 2.45) is 0 Å². The molecule has 0 aromatic rings. The first-order valence-corrected chi connectivity index (χ1v) is 4.12. The molecule has 0 aliphatic carbocycles. The van der Waals surface area contributed by atoms with Crippen molar-refractivity contribution in [2.45, 2.75) is 32.2 Å². The van der Waals surface area contributed by atoms with Gasteiger partial charge < -0.3 is 10.6 Å². The maximum Gasteiger partial charge on any atom is 0.221 e. The number of rotatable bonds is 5. The lowest BCUT2D eigenvalue weighted by molar-refractivity contribution is -0.121. The van der Waals surface area contributed by atoms with Gasteiger partial charge in [-0.3, -0.25) is 4.79 Å². The molecule has 1 unspecified atom stereocenters. The first-order valence-electron chi connectivity index (χ1n) is 4.12. The second kappa shape index (κ2) is 6.16. The van der Waals surface area contributed by atoms with Gasteiger partial charge in [0.2, 0.25) is 5.91 Å². The zero-order valence-corrected chi connectivity index (χ0v) is 7.61. The zero-order valence-electron chi connectivity index (χ0n) is 7.61. The van der Waals surface area contributed by atoms with Gasteiger partial charge in [-0.2, -0.15) is 0 Å². The van der Waals surface area contributed by atoms with Gasteiger partial charge in [-0.25, -0.2) is 0 Å². The Morgan fingerprint density at radius 2 is 2.09 bits per heavy atom. The fourth-order valence-corrected chi connectivity index (χ4v) is 1.02. The van der Waals surface area contributed by atoms with Crippen molar-refractivity contribution in [1.82, 2.24) is 10.6 Å². The van der Waals surface area contributed by atoms with Crippen molar-refractivity contribution >= 4 is 5.91 Å². The number of amides is 1. The number of nitrogens with one attached hydrogen (secondary N) is 2. The summed E-state index contributed by atoms with van der Waals surface area (Å²) in [6, 6.07) is 0.333. The average molecular weight is 158 g/mol. The fourth-order valence-electron chi connectivity index (χ4n) is 1.02. The van der Waals surface area contributed by atoms with Crippen LogP contribution in [-0.4, -0.2) is 26.0 Å². The van der Waals surface area contributed by atoms with Crippen LogP contribution in [0, 0.1) is 0 Å². The molecular formula is C8H18N2O. The Bertz CT molecular complexity index is 115. The van der Waals surface area contributed by atoms with Crippen LogP contribution in [0.2, 0.25) is 0 Å². The van der Waals surface area contributed by atoms with Crippen LogP contribution in [0.25, 0.3) is 0 Å². The molecular weight excluding hydrogens is 140 g/mol. The highest BCUT2D eigenvalue weighted by Crippen LogP contribution is 1.99. The highest BCUT2D eigenvalue weighted by atomic mass is 16.1. The van der Waals surface area contributed by atoms with E-state index in [0.717, 1.165) is 12.8 Å². The molecule has 2 N–H and O–H groups in total. The minimum atomic E-state index is 0.109. The highest BCUT2D eigenvalue weighted by molar-refractivity contribution is 5.76. The van der Waals surface area contributed by atoms with Gasteiger partial charge in [0.05, 0.1) is 0 Å². The summed E-state index contributed by atoms with van der Waals surface area (Å²) in [7, 11) is 3.56. The Labute approximate surface area is 68.6 Å². The van der Waals surface area contributed by atoms with E-state index in [-0.39, 0.29) is 5.91 Å². The minimum absolute atomic E-state index is 0.109. The molecule has 0 saturated carbocycles. The smallest absolute Gasteiger partial charge is 0.221 e. The lowest BCUT2D eigenvalue weighted by Crippen LogP contribution is -2.32. The van der Waals surface area contributed by atoms with Gasteiger partial charge >= 0.3 is 0 Å². The summed E-state index contributed by atoms with van der Waals surface area (Å²) in [6.45, 7) is 2.12. The zero-order chi connectivity index (χ0) is 8.69. The van der Waals surface area contributed by atoms with Gasteiger partial charge in [-0.05, 0) is 13.5 Å². The Kier molecular flexibility index (Phi) is 5.84. The van der Waals surface area contributed by atoms with Crippen LogP contribution in [0.4, 0.5) is 0 Å². The van der Waals surface area contributed by atoms with E-state index >= 15 is 0 Å². The molecule has 1 atom stereocenters. The molecule has 11 heavy (non-hydrogen) atoms. The maximum atomic E-state index is 10.9. The van der Waals surface area contributed by atoms with E-state index in [1.54, 1.807) is 7.05 Å². The Hall–Kier alpha value is -0.570. The van der Waals surface area contributed by atoms with E-state index in [4.69, 9.17) is 0 Å². The van der Waals surface area contributed by atoms with Crippen LogP contribution in [0.5, 0.6) is 0 Å². The van der Waals surface area contributed by atoms with E-state index in [1.165, 1.54) is 0 Å². The van der Waals surface area contributed by atoms with Crippen molar-refractivity contribution in [1.29, 1.82) is 0 Å². The Morgan fingerprint density at radius 3 is 2.45 bits per heavy atom. The molecule has 0 bridgehead atoms. The largest absolute Gasteiger partial charge is 0.359 e. The Morgan fingerprint density at radius 1 is 1.45 bits per heavy atom. The molecule has 0 aromatic heterocycles. The summed E-state index contributed by atoms with van der Waals surface area (Å²) < 4.78 is 0. The molecule has 0 saturated heterocycles. The first-order chi connectivity index (χ1) is 5.24. The van der Waals surface area contributed by atoms with E-state index in [2.05, 4.69) is 17.6 Å². The molecule has 0 rings (SSSR count). The SMILES string of the molecule is CCCC(CC(=O)NC)NC. The van der Waals surface area contributed by atoms with Gasteiger partial charge in [-0.15, -0.1) is 0 Å². The van der Waals surface area contributed by atoms with Gasteiger partial charge in [0.25, 0.3) is 0 Å². The Balaban J connectivity index is 3.58. The fraction of sp³-hybridized carbons (Fsp3) is 0.875. The van der Waals surface area contributed by atoms with Crippen molar-refractivity contribution < 1.29 is 4.79 Å². The summed E-state index contributed by atoms with van der Waals surface area (Å²) in [5.41, 5.74) is 0. The number of hydrogen-bond donors (Lipinski definition) is 2. The lowest BCUT2D eigenvalue weighted by atomic mass is 10.1. The van der Waals surface area contributed by atoms with Crippen LogP contribution < -0.4 is 10.6 Å². The number of carbonyl (C=O) groups is 1. The van der Waals surface area contributed by atoms with Crippen LogP contribution in [0.3, 0.4) is 0 Å². The molecule has 66 valence electrons. The highest BCUT2D eigenvalue weighted by Gasteiger charge is 2.08. The topological polar surface area (TPSA) is 41.1 Å². The summed E-state index contributed by atoms with van der Waals surface area (Å²) in [5.74, 6) is 0.109. The van der Waals surface area contributed by atoms with Crippen molar-refractivity contribution in [3.05, 3.63) is 0 Å². The predicted octanol–water partition coefficient (Wildman–Crippen LogP) is 0.511. The third-order valence-electron chi connectivity index (χ3n) is 1.76. The van der Waals surface area contributed by atoms with E-state index in [0.29, 0.717) is 12.5 Å². The molecule has 0 spiro atoms. The summed E-state index contributed by atoms with van der Waals surface area (Å²) in [6.07, 6.45) is 2.76. The molecule has 3 nitrogen and oxygen atoms in total. The molecule has 1 amide bonds. The van der Waals surface area contributed by atoms with E-state index in [1.807, 2.05) is 7.05 Å². The predicted molar refractivity (Wildman–Crippen MR) is 46.4 cm³/mol. The van der Waals surface area contributed by atoms with Gasteiger partial charge in [0, 0.05) is 19.5 Å². The van der Waals surface area contributed by atoms with Crippen LogP contribution in [0.15, 0.2) is 0 Å². The summed E-state index contributed by atoms with van der Waals surface area (Å²) in [4.78, 5) is 10.9. The van der Waals surface area contributed by atoms with Crippen molar-refractivity contribution in [2.75, 3.05) is 14.1 Å². The number of carbonyl (C=O) groups excluding carboxylic acids is 1. The van der Waals surface area contributed by atoms with Gasteiger partial charge in [0.1, 0.15) is 0 Å². The lowest BCUT2D eigenvalue weighted by Gasteiger charge is -2.13. The molecule has 0 fully saturated rings. The van der Waals surface area contributed by atoms with Gasteiger partial charge in [-0.1, -0.05) is 13.3 Å². The normalized spacial score (nSPS) is 12.6. The molecule has 0 aliphatic heterocycles. The second-order valence-electron chi connectivity index (χ2n) is 2.65. The van der Waals surface area contributed by atoms with E-state index in [9.17, 15) is 4.79 Å². The van der Waals surface area contributed by atoms with E-state index < -0.39 is 0 Å².